The third-order valence-electron chi connectivity index (χ3n) is 2.98. The van der Waals surface area contributed by atoms with E-state index in [9.17, 15) is 23.3 Å². The van der Waals surface area contributed by atoms with Crippen molar-refractivity contribution in [1.29, 1.82) is 0 Å². The summed E-state index contributed by atoms with van der Waals surface area (Å²) in [7, 11) is -4.00. The van der Waals surface area contributed by atoms with Gasteiger partial charge < -0.3 is 0 Å². The minimum Gasteiger partial charge on any atom is -0.268 e. The smallest absolute Gasteiger partial charge is 0.268 e. The van der Waals surface area contributed by atoms with E-state index in [0.717, 1.165) is 6.07 Å². The van der Waals surface area contributed by atoms with Gasteiger partial charge in [0.1, 0.15) is 0 Å². The van der Waals surface area contributed by atoms with E-state index in [2.05, 4.69) is 9.82 Å². The summed E-state index contributed by atoms with van der Waals surface area (Å²) in [5.41, 5.74) is -0.769. The molecule has 0 unspecified atom stereocenters. The molecule has 1 N–H and O–H groups in total. The molecule has 0 bridgehead atoms. The Morgan fingerprint density at radius 1 is 1.22 bits per heavy atom. The van der Waals surface area contributed by atoms with Crippen LogP contribution in [0.25, 0.3) is 0 Å². The highest BCUT2D eigenvalue weighted by Crippen LogP contribution is 2.22. The molecular weight excluding hydrogens is 324 g/mol. The number of nitro groups is 1. The average Bonchev–Trinajstić information content (AvgIpc) is 2.53. The molecule has 0 aliphatic carbocycles. The summed E-state index contributed by atoms with van der Waals surface area (Å²) in [4.78, 5) is 21.2. The molecule has 10 heteroatoms. The van der Waals surface area contributed by atoms with Crippen molar-refractivity contribution >= 4 is 15.7 Å². The highest BCUT2D eigenvalue weighted by Gasteiger charge is 2.24. The number of aryl methyl sites for hydroxylation is 1. The molecule has 23 heavy (non-hydrogen) atoms. The van der Waals surface area contributed by atoms with Crippen LogP contribution < -0.4 is 10.3 Å². The van der Waals surface area contributed by atoms with E-state index in [1.54, 1.807) is 0 Å². The quantitative estimate of drug-likeness (QED) is 0.446. The van der Waals surface area contributed by atoms with E-state index in [1.807, 2.05) is 0 Å². The molecule has 2 aromatic rings. The number of nitro benzene ring substituents is 1. The lowest BCUT2D eigenvalue weighted by Gasteiger charge is -2.07. The SMILES string of the molecule is O=c1cccnn1CCCNS(=O)(=O)c1ccccc1[N+](=O)[O-]. The van der Waals surface area contributed by atoms with Crippen LogP contribution in [0, 0.1) is 10.1 Å². The Kier molecular flexibility index (Phi) is 5.19. The van der Waals surface area contributed by atoms with Crippen LogP contribution in [0.4, 0.5) is 5.69 Å². The number of hydrogen-bond acceptors (Lipinski definition) is 6. The first-order valence-electron chi connectivity index (χ1n) is 6.67. The fraction of sp³-hybridized carbons (Fsp3) is 0.231. The zero-order valence-corrected chi connectivity index (χ0v) is 12.8. The van der Waals surface area contributed by atoms with Crippen molar-refractivity contribution in [2.45, 2.75) is 17.9 Å². The van der Waals surface area contributed by atoms with Crippen molar-refractivity contribution in [3.8, 4) is 0 Å². The summed E-state index contributed by atoms with van der Waals surface area (Å²) in [6.07, 6.45) is 1.77. The second-order valence-corrected chi connectivity index (χ2v) is 6.30. The molecule has 0 saturated heterocycles. The first kappa shape index (κ1) is 16.8. The van der Waals surface area contributed by atoms with Crippen LogP contribution >= 0.6 is 0 Å². The van der Waals surface area contributed by atoms with Crippen LogP contribution in [-0.2, 0) is 16.6 Å². The highest BCUT2D eigenvalue weighted by atomic mass is 32.2. The lowest BCUT2D eigenvalue weighted by Crippen LogP contribution is -2.28. The van der Waals surface area contributed by atoms with Gasteiger partial charge in [0, 0.05) is 31.4 Å². The number of aromatic nitrogens is 2. The molecular formula is C13H14N4O5S. The number of nitrogens with one attached hydrogen (secondary N) is 1. The zero-order valence-electron chi connectivity index (χ0n) is 12.0. The Morgan fingerprint density at radius 2 is 1.96 bits per heavy atom. The Labute approximate surface area is 131 Å². The normalized spacial score (nSPS) is 11.3. The maximum absolute atomic E-state index is 12.1. The van der Waals surface area contributed by atoms with E-state index in [0.29, 0.717) is 6.42 Å². The number of para-hydroxylation sites is 1. The summed E-state index contributed by atoms with van der Waals surface area (Å²) in [5.74, 6) is 0. The van der Waals surface area contributed by atoms with Crippen molar-refractivity contribution in [1.82, 2.24) is 14.5 Å². The number of hydrogen-bond donors (Lipinski definition) is 1. The van der Waals surface area contributed by atoms with Crippen molar-refractivity contribution in [3.05, 3.63) is 63.1 Å². The lowest BCUT2D eigenvalue weighted by atomic mass is 10.3. The molecule has 1 aromatic heterocycles. The third-order valence-corrected chi connectivity index (χ3v) is 4.48. The molecule has 0 aliphatic rings. The van der Waals surface area contributed by atoms with Gasteiger partial charge in [0.25, 0.3) is 11.2 Å². The van der Waals surface area contributed by atoms with Gasteiger partial charge in [0.05, 0.1) is 4.92 Å². The van der Waals surface area contributed by atoms with Crippen molar-refractivity contribution in [2.24, 2.45) is 0 Å². The molecule has 1 heterocycles. The number of benzene rings is 1. The predicted molar refractivity (Wildman–Crippen MR) is 81.4 cm³/mol. The van der Waals surface area contributed by atoms with Gasteiger partial charge in [0.2, 0.25) is 10.0 Å². The summed E-state index contributed by atoms with van der Waals surface area (Å²) in [6, 6.07) is 7.96. The molecule has 9 nitrogen and oxygen atoms in total. The summed E-state index contributed by atoms with van der Waals surface area (Å²) in [5, 5.41) is 14.7. The first-order valence-corrected chi connectivity index (χ1v) is 8.15. The van der Waals surface area contributed by atoms with Crippen molar-refractivity contribution < 1.29 is 13.3 Å². The molecule has 0 atom stereocenters. The van der Waals surface area contributed by atoms with Gasteiger partial charge >= 0.3 is 0 Å². The number of rotatable bonds is 7. The fourth-order valence-electron chi connectivity index (χ4n) is 1.90. The Bertz CT molecular complexity index is 862. The number of nitrogens with zero attached hydrogens (tertiary/aromatic N) is 3. The third kappa shape index (κ3) is 4.20. The van der Waals surface area contributed by atoms with E-state index in [4.69, 9.17) is 0 Å². The van der Waals surface area contributed by atoms with Gasteiger partial charge in [-0.15, -0.1) is 0 Å². The molecule has 0 radical (unpaired) electrons. The molecule has 2 rings (SSSR count). The lowest BCUT2D eigenvalue weighted by molar-refractivity contribution is -0.387. The Hall–Kier alpha value is -2.59. The Balaban J connectivity index is 2.02. The van der Waals surface area contributed by atoms with Crippen molar-refractivity contribution in [2.75, 3.05) is 6.54 Å². The highest BCUT2D eigenvalue weighted by molar-refractivity contribution is 7.89. The molecule has 0 spiro atoms. The summed E-state index contributed by atoms with van der Waals surface area (Å²) >= 11 is 0. The fourth-order valence-corrected chi connectivity index (χ4v) is 3.15. The van der Waals surface area contributed by atoms with Gasteiger partial charge in [-0.1, -0.05) is 12.1 Å². The van der Waals surface area contributed by atoms with Gasteiger partial charge in [0.15, 0.2) is 4.90 Å². The zero-order chi connectivity index (χ0) is 16.9. The maximum Gasteiger partial charge on any atom is 0.289 e. The van der Waals surface area contributed by atoms with Gasteiger partial charge in [-0.05, 0) is 18.6 Å². The molecule has 1 aromatic carbocycles. The monoisotopic (exact) mass is 338 g/mol. The molecule has 0 aliphatic heterocycles. The maximum atomic E-state index is 12.1. The minimum atomic E-state index is -4.00. The van der Waals surface area contributed by atoms with Gasteiger partial charge in [-0.2, -0.15) is 5.10 Å². The standard InChI is InChI=1S/C13H14N4O5S/c18-13-7-3-8-14-16(13)10-4-9-15-23(21,22)12-6-2-1-5-11(12)17(19)20/h1-3,5-8,15H,4,9-10H2. The van der Waals surface area contributed by atoms with Gasteiger partial charge in [-0.25, -0.2) is 17.8 Å². The first-order chi connectivity index (χ1) is 10.9. The number of sulfonamides is 1. The summed E-state index contributed by atoms with van der Waals surface area (Å²) in [6.45, 7) is 0.260. The Morgan fingerprint density at radius 3 is 2.65 bits per heavy atom. The molecule has 0 fully saturated rings. The topological polar surface area (TPSA) is 124 Å². The van der Waals surface area contributed by atoms with E-state index in [-0.39, 0.29) is 23.5 Å². The molecule has 122 valence electrons. The molecule has 0 saturated carbocycles. The van der Waals surface area contributed by atoms with Crippen LogP contribution in [0.2, 0.25) is 0 Å². The minimum absolute atomic E-state index is 0.0252. The molecule has 0 amide bonds. The van der Waals surface area contributed by atoms with Crippen LogP contribution in [0.3, 0.4) is 0 Å². The van der Waals surface area contributed by atoms with Gasteiger partial charge in [-0.3, -0.25) is 14.9 Å². The van der Waals surface area contributed by atoms with Crippen LogP contribution in [0.15, 0.2) is 52.3 Å². The second-order valence-electron chi connectivity index (χ2n) is 4.56. The second kappa shape index (κ2) is 7.11. The largest absolute Gasteiger partial charge is 0.289 e. The van der Waals surface area contributed by atoms with Crippen LogP contribution in [0.5, 0.6) is 0 Å². The summed E-state index contributed by atoms with van der Waals surface area (Å²) < 4.78 is 27.8. The van der Waals surface area contributed by atoms with E-state index in [1.165, 1.54) is 41.2 Å². The average molecular weight is 338 g/mol. The predicted octanol–water partition coefficient (Wildman–Crippen LogP) is 0.520. The van der Waals surface area contributed by atoms with Crippen LogP contribution in [-0.4, -0.2) is 29.7 Å². The van der Waals surface area contributed by atoms with E-state index < -0.39 is 20.6 Å². The van der Waals surface area contributed by atoms with Crippen molar-refractivity contribution in [3.63, 3.8) is 0 Å². The van der Waals surface area contributed by atoms with Crippen LogP contribution in [0.1, 0.15) is 6.42 Å². The van der Waals surface area contributed by atoms with E-state index >= 15 is 0 Å².